The first kappa shape index (κ1) is 20.9. The Morgan fingerprint density at radius 3 is 2.75 bits per heavy atom. The van der Waals surface area contributed by atoms with Crippen molar-refractivity contribution in [3.05, 3.63) is 63.7 Å². The fourth-order valence-corrected chi connectivity index (χ4v) is 5.17. The molecule has 32 heavy (non-hydrogen) atoms. The minimum atomic E-state index is -4.64. The van der Waals surface area contributed by atoms with Gasteiger partial charge in [0.25, 0.3) is 5.91 Å². The van der Waals surface area contributed by atoms with Crippen LogP contribution in [0.5, 0.6) is 0 Å². The van der Waals surface area contributed by atoms with E-state index in [1.807, 2.05) is 6.07 Å². The molecule has 0 unspecified atom stereocenters. The molecule has 1 fully saturated rings. The number of H-pyrrole nitrogens is 1. The van der Waals surface area contributed by atoms with Crippen molar-refractivity contribution >= 4 is 17.5 Å². The minimum absolute atomic E-state index is 0.138. The average Bonchev–Trinajstić information content (AvgIpc) is 3.27. The molecule has 1 saturated heterocycles. The normalized spacial score (nSPS) is 20.2. The SMILES string of the molecule is Cc1nc(-c2ccn[nH]2)c2c(n1)[C@H]1CCC[C@@H](C2)N1C(=O)c1cccc(C(F)(F)F)c1Cl. The molecule has 2 aliphatic rings. The van der Waals surface area contributed by atoms with E-state index in [2.05, 4.69) is 20.2 Å². The minimum Gasteiger partial charge on any atom is -0.327 e. The first-order valence-corrected chi connectivity index (χ1v) is 10.7. The molecule has 166 valence electrons. The smallest absolute Gasteiger partial charge is 0.327 e. The molecule has 3 aromatic rings. The van der Waals surface area contributed by atoms with Crippen LogP contribution in [0.1, 0.15) is 58.3 Å². The van der Waals surface area contributed by atoms with Crippen molar-refractivity contribution in [2.75, 3.05) is 0 Å². The lowest BCUT2D eigenvalue weighted by Crippen LogP contribution is -2.50. The van der Waals surface area contributed by atoms with Gasteiger partial charge in [0.1, 0.15) is 5.82 Å². The second-order valence-electron chi connectivity index (χ2n) is 8.14. The number of hydrogen-bond donors (Lipinski definition) is 1. The number of halogens is 4. The molecule has 0 spiro atoms. The first-order chi connectivity index (χ1) is 15.3. The first-order valence-electron chi connectivity index (χ1n) is 10.3. The van der Waals surface area contributed by atoms with Gasteiger partial charge in [-0.3, -0.25) is 9.89 Å². The van der Waals surface area contributed by atoms with Crippen molar-refractivity contribution in [2.24, 2.45) is 0 Å². The average molecular weight is 462 g/mol. The zero-order chi connectivity index (χ0) is 22.6. The van der Waals surface area contributed by atoms with Gasteiger partial charge in [-0.1, -0.05) is 17.7 Å². The Morgan fingerprint density at radius 1 is 1.22 bits per heavy atom. The lowest BCUT2D eigenvalue weighted by molar-refractivity contribution is -0.137. The molecule has 1 aromatic carbocycles. The van der Waals surface area contributed by atoms with Crippen LogP contribution >= 0.6 is 11.6 Å². The van der Waals surface area contributed by atoms with Crippen LogP contribution in [0, 0.1) is 6.92 Å². The summed E-state index contributed by atoms with van der Waals surface area (Å²) >= 11 is 6.08. The third kappa shape index (κ3) is 3.35. The molecular formula is C22H19ClF3N5O. The Bertz CT molecular complexity index is 1200. The van der Waals surface area contributed by atoms with Crippen molar-refractivity contribution in [1.29, 1.82) is 0 Å². The van der Waals surface area contributed by atoms with Gasteiger partial charge in [0, 0.05) is 17.8 Å². The van der Waals surface area contributed by atoms with E-state index in [1.165, 1.54) is 12.1 Å². The van der Waals surface area contributed by atoms with E-state index in [0.717, 1.165) is 41.6 Å². The van der Waals surface area contributed by atoms with Gasteiger partial charge in [-0.15, -0.1) is 0 Å². The number of nitrogens with zero attached hydrogens (tertiary/aromatic N) is 4. The summed E-state index contributed by atoms with van der Waals surface area (Å²) in [5.41, 5.74) is 2.08. The van der Waals surface area contributed by atoms with E-state index >= 15 is 0 Å². The number of aromatic amines is 1. The van der Waals surface area contributed by atoms with Crippen LogP contribution in [0.3, 0.4) is 0 Å². The molecule has 2 aromatic heterocycles. The molecular weight excluding hydrogens is 443 g/mol. The van der Waals surface area contributed by atoms with E-state index in [-0.39, 0.29) is 17.6 Å². The highest BCUT2D eigenvalue weighted by Crippen LogP contribution is 2.45. The van der Waals surface area contributed by atoms with Gasteiger partial charge < -0.3 is 4.90 Å². The number of carbonyl (C=O) groups excluding carboxylic acids is 1. The molecule has 0 saturated carbocycles. The Kier molecular flexibility index (Phi) is 4.96. The second-order valence-corrected chi connectivity index (χ2v) is 8.51. The molecule has 5 rings (SSSR count). The number of amides is 1. The fourth-order valence-electron chi connectivity index (χ4n) is 4.85. The number of hydrogen-bond acceptors (Lipinski definition) is 4. The van der Waals surface area contributed by atoms with E-state index in [9.17, 15) is 18.0 Å². The summed E-state index contributed by atoms with van der Waals surface area (Å²) in [4.78, 5) is 24.5. The summed E-state index contributed by atoms with van der Waals surface area (Å²) in [5.74, 6) is 0.0580. The van der Waals surface area contributed by atoms with Crippen molar-refractivity contribution < 1.29 is 18.0 Å². The summed E-state index contributed by atoms with van der Waals surface area (Å²) in [6.07, 6.45) is -0.158. The molecule has 1 N–H and O–H groups in total. The highest BCUT2D eigenvalue weighted by atomic mass is 35.5. The molecule has 2 atom stereocenters. The van der Waals surface area contributed by atoms with E-state index < -0.39 is 22.7 Å². The highest BCUT2D eigenvalue weighted by Gasteiger charge is 2.44. The highest BCUT2D eigenvalue weighted by molar-refractivity contribution is 6.34. The van der Waals surface area contributed by atoms with Gasteiger partial charge >= 0.3 is 6.18 Å². The molecule has 1 amide bonds. The maximum atomic E-state index is 13.5. The largest absolute Gasteiger partial charge is 0.417 e. The number of benzene rings is 1. The Labute approximate surface area is 186 Å². The molecule has 6 nitrogen and oxygen atoms in total. The molecule has 0 radical (unpaired) electrons. The monoisotopic (exact) mass is 461 g/mol. The molecule has 10 heteroatoms. The van der Waals surface area contributed by atoms with Crippen molar-refractivity contribution in [3.8, 4) is 11.4 Å². The summed E-state index contributed by atoms with van der Waals surface area (Å²) in [7, 11) is 0. The van der Waals surface area contributed by atoms with Crippen LogP contribution in [0.25, 0.3) is 11.4 Å². The third-order valence-corrected chi connectivity index (χ3v) is 6.58. The molecule has 2 bridgehead atoms. The van der Waals surface area contributed by atoms with Crippen LogP contribution in [0.2, 0.25) is 5.02 Å². The number of piperidine rings is 1. The maximum Gasteiger partial charge on any atom is 0.417 e. The zero-order valence-electron chi connectivity index (χ0n) is 17.1. The second kappa shape index (κ2) is 7.58. The lowest BCUT2D eigenvalue weighted by atomic mass is 9.81. The molecule has 4 heterocycles. The van der Waals surface area contributed by atoms with E-state index in [0.29, 0.717) is 18.7 Å². The quantitative estimate of drug-likeness (QED) is 0.573. The zero-order valence-corrected chi connectivity index (χ0v) is 17.8. The Balaban J connectivity index is 1.60. The summed E-state index contributed by atoms with van der Waals surface area (Å²) in [6, 6.07) is 4.77. The number of rotatable bonds is 2. The van der Waals surface area contributed by atoms with E-state index in [4.69, 9.17) is 11.6 Å². The van der Waals surface area contributed by atoms with Crippen LogP contribution in [-0.4, -0.2) is 37.0 Å². The Morgan fingerprint density at radius 2 is 2.03 bits per heavy atom. The van der Waals surface area contributed by atoms with Crippen LogP contribution in [-0.2, 0) is 12.6 Å². The van der Waals surface area contributed by atoms with Gasteiger partial charge in [0.05, 0.1) is 39.3 Å². The summed E-state index contributed by atoms with van der Waals surface area (Å²) < 4.78 is 40.1. The third-order valence-electron chi connectivity index (χ3n) is 6.18. The predicted molar refractivity (Wildman–Crippen MR) is 111 cm³/mol. The standard InChI is InChI=1S/C22H19ClF3N5O/c1-11-28-19(16-8-9-27-30-16)14-10-12-4-2-7-17(20(14)29-11)31(12)21(32)13-5-3-6-15(18(13)23)22(24,25)26/h3,5-6,8-9,12,17H,2,4,7,10H2,1H3,(H,27,30)/t12-,17+/m0/s1. The number of alkyl halides is 3. The summed E-state index contributed by atoms with van der Waals surface area (Å²) in [6.45, 7) is 1.78. The van der Waals surface area contributed by atoms with Crippen LogP contribution in [0.4, 0.5) is 13.2 Å². The fraction of sp³-hybridized carbons (Fsp3) is 0.364. The van der Waals surface area contributed by atoms with Crippen LogP contribution in [0.15, 0.2) is 30.5 Å². The van der Waals surface area contributed by atoms with Gasteiger partial charge in [0.15, 0.2) is 0 Å². The molecule has 2 aliphatic heterocycles. The maximum absolute atomic E-state index is 13.5. The van der Waals surface area contributed by atoms with Crippen LogP contribution < -0.4 is 0 Å². The Hall–Kier alpha value is -2.94. The van der Waals surface area contributed by atoms with Gasteiger partial charge in [0.2, 0.25) is 0 Å². The number of nitrogens with one attached hydrogen (secondary N) is 1. The number of carbonyl (C=O) groups is 1. The van der Waals surface area contributed by atoms with Crippen molar-refractivity contribution in [2.45, 2.75) is 50.9 Å². The van der Waals surface area contributed by atoms with Crippen molar-refractivity contribution in [3.63, 3.8) is 0 Å². The van der Waals surface area contributed by atoms with Crippen molar-refractivity contribution in [1.82, 2.24) is 25.1 Å². The van der Waals surface area contributed by atoms with Gasteiger partial charge in [-0.05, 0) is 50.8 Å². The topological polar surface area (TPSA) is 74.8 Å². The number of aryl methyl sites for hydroxylation is 1. The van der Waals surface area contributed by atoms with Gasteiger partial charge in [-0.25, -0.2) is 9.97 Å². The van der Waals surface area contributed by atoms with Gasteiger partial charge in [-0.2, -0.15) is 18.3 Å². The number of aromatic nitrogens is 4. The number of fused-ring (bicyclic) bond motifs is 4. The lowest BCUT2D eigenvalue weighted by Gasteiger charge is -2.46. The summed E-state index contributed by atoms with van der Waals surface area (Å²) in [5, 5.41) is 6.39. The molecule has 0 aliphatic carbocycles. The predicted octanol–water partition coefficient (Wildman–Crippen LogP) is 5.14. The van der Waals surface area contributed by atoms with E-state index in [1.54, 1.807) is 18.0 Å².